The van der Waals surface area contributed by atoms with Crippen LogP contribution in [0.1, 0.15) is 47.3 Å². The lowest BCUT2D eigenvalue weighted by atomic mass is 10.0. The van der Waals surface area contributed by atoms with Crippen LogP contribution >= 0.6 is 0 Å². The van der Waals surface area contributed by atoms with E-state index >= 15 is 0 Å². The van der Waals surface area contributed by atoms with Gasteiger partial charge in [-0.25, -0.2) is 0 Å². The number of benzene rings is 1. The second kappa shape index (κ2) is 8.35. The molecule has 1 N–H and O–H groups in total. The molecule has 2 amide bonds. The van der Waals surface area contributed by atoms with Crippen LogP contribution in [-0.4, -0.2) is 62.6 Å². The zero-order chi connectivity index (χ0) is 22.4. The highest BCUT2D eigenvalue weighted by molar-refractivity contribution is 5.89. The van der Waals surface area contributed by atoms with E-state index in [0.29, 0.717) is 13.1 Å². The number of piperazine rings is 1. The van der Waals surface area contributed by atoms with Crippen molar-refractivity contribution in [3.8, 4) is 0 Å². The van der Waals surface area contributed by atoms with Gasteiger partial charge in [-0.2, -0.15) is 5.10 Å². The smallest absolute Gasteiger partial charge is 0.237 e. The number of aromatic nitrogens is 2. The Balaban J connectivity index is 1.33. The van der Waals surface area contributed by atoms with Gasteiger partial charge in [0.1, 0.15) is 0 Å². The molecule has 1 saturated heterocycles. The summed E-state index contributed by atoms with van der Waals surface area (Å²) >= 11 is 0. The molecule has 2 heterocycles. The number of nitrogens with one attached hydrogen (secondary N) is 1. The van der Waals surface area contributed by atoms with Crippen molar-refractivity contribution in [1.82, 2.24) is 24.9 Å². The summed E-state index contributed by atoms with van der Waals surface area (Å²) in [7, 11) is 1.94. The highest BCUT2D eigenvalue weighted by Crippen LogP contribution is 2.32. The largest absolute Gasteiger partial charge is 0.353 e. The summed E-state index contributed by atoms with van der Waals surface area (Å²) in [4.78, 5) is 30.7. The summed E-state index contributed by atoms with van der Waals surface area (Å²) in [5.74, 6) is 0.0720. The molecule has 3 aliphatic rings. The maximum absolute atomic E-state index is 13.5. The van der Waals surface area contributed by atoms with Gasteiger partial charge in [0.05, 0.1) is 18.2 Å². The van der Waals surface area contributed by atoms with E-state index in [2.05, 4.69) is 46.5 Å². The SMILES string of the molecule is Cc1nn(C)c(C)c1CN(C(=O)CC1C(=O)NCCN1C1Cc2ccccc2C1)C1CC1. The third-order valence-electron chi connectivity index (χ3n) is 7.53. The lowest BCUT2D eigenvalue weighted by Gasteiger charge is -2.39. The minimum Gasteiger partial charge on any atom is -0.353 e. The van der Waals surface area contributed by atoms with Crippen molar-refractivity contribution in [3.05, 3.63) is 52.3 Å². The van der Waals surface area contributed by atoms with Crippen LogP contribution in [0, 0.1) is 13.8 Å². The lowest BCUT2D eigenvalue weighted by Crippen LogP contribution is -2.60. The van der Waals surface area contributed by atoms with Crippen LogP contribution in [0.2, 0.25) is 0 Å². The van der Waals surface area contributed by atoms with Crippen molar-refractivity contribution >= 4 is 11.8 Å². The number of hydrogen-bond acceptors (Lipinski definition) is 4. The summed E-state index contributed by atoms with van der Waals surface area (Å²) in [5.41, 5.74) is 5.95. The van der Waals surface area contributed by atoms with E-state index in [4.69, 9.17) is 0 Å². The van der Waals surface area contributed by atoms with E-state index in [1.807, 2.05) is 23.6 Å². The predicted molar refractivity (Wildman–Crippen MR) is 122 cm³/mol. The molecule has 170 valence electrons. The van der Waals surface area contributed by atoms with Gasteiger partial charge in [-0.3, -0.25) is 19.2 Å². The molecule has 1 aromatic heterocycles. The number of carbonyl (C=O) groups excluding carboxylic acids is 2. The first kappa shape index (κ1) is 21.2. The molecule has 1 saturated carbocycles. The van der Waals surface area contributed by atoms with Crippen molar-refractivity contribution in [2.45, 2.75) is 70.6 Å². The van der Waals surface area contributed by atoms with Crippen molar-refractivity contribution in [2.75, 3.05) is 13.1 Å². The Bertz CT molecular complexity index is 1020. The number of hydrogen-bond donors (Lipinski definition) is 1. The molecule has 2 fully saturated rings. The highest BCUT2D eigenvalue weighted by atomic mass is 16.2. The van der Waals surface area contributed by atoms with E-state index in [1.54, 1.807) is 0 Å². The van der Waals surface area contributed by atoms with Gasteiger partial charge in [0.2, 0.25) is 11.8 Å². The molecular weight excluding hydrogens is 402 g/mol. The molecule has 1 aliphatic heterocycles. The van der Waals surface area contributed by atoms with Crippen LogP contribution in [0.5, 0.6) is 0 Å². The molecule has 2 aliphatic carbocycles. The Morgan fingerprint density at radius 1 is 1.19 bits per heavy atom. The fourth-order valence-corrected chi connectivity index (χ4v) is 5.46. The van der Waals surface area contributed by atoms with Crippen molar-refractivity contribution in [3.63, 3.8) is 0 Å². The molecule has 7 nitrogen and oxygen atoms in total. The van der Waals surface area contributed by atoms with Crippen molar-refractivity contribution < 1.29 is 9.59 Å². The zero-order valence-electron chi connectivity index (χ0n) is 19.3. The fraction of sp³-hybridized carbons (Fsp3) is 0.560. The first-order valence-electron chi connectivity index (χ1n) is 11.8. The molecule has 7 heteroatoms. The van der Waals surface area contributed by atoms with Gasteiger partial charge in [-0.1, -0.05) is 24.3 Å². The van der Waals surface area contributed by atoms with Gasteiger partial charge in [-0.15, -0.1) is 0 Å². The van der Waals surface area contributed by atoms with Crippen molar-refractivity contribution in [2.24, 2.45) is 7.05 Å². The number of amides is 2. The third-order valence-corrected chi connectivity index (χ3v) is 7.53. The van der Waals surface area contributed by atoms with E-state index in [0.717, 1.165) is 49.2 Å². The number of fused-ring (bicyclic) bond motifs is 1. The molecule has 0 radical (unpaired) electrons. The summed E-state index contributed by atoms with van der Waals surface area (Å²) in [6, 6.07) is 8.72. The van der Waals surface area contributed by atoms with Crippen LogP contribution in [0.25, 0.3) is 0 Å². The summed E-state index contributed by atoms with van der Waals surface area (Å²) < 4.78 is 1.88. The summed E-state index contributed by atoms with van der Waals surface area (Å²) in [5, 5.41) is 7.52. The Hall–Kier alpha value is -2.67. The average molecular weight is 436 g/mol. The normalized spacial score (nSPS) is 21.5. The van der Waals surface area contributed by atoms with Crippen LogP contribution in [0.4, 0.5) is 0 Å². The highest BCUT2D eigenvalue weighted by Gasteiger charge is 2.41. The topological polar surface area (TPSA) is 70.5 Å². The third kappa shape index (κ3) is 3.94. The fourth-order valence-electron chi connectivity index (χ4n) is 5.46. The summed E-state index contributed by atoms with van der Waals surface area (Å²) in [6.07, 6.45) is 4.24. The minimum absolute atomic E-state index is 0.00922. The van der Waals surface area contributed by atoms with Gasteiger partial charge >= 0.3 is 0 Å². The molecule has 32 heavy (non-hydrogen) atoms. The maximum atomic E-state index is 13.5. The van der Waals surface area contributed by atoms with Crippen molar-refractivity contribution in [1.29, 1.82) is 0 Å². The first-order valence-corrected chi connectivity index (χ1v) is 11.8. The van der Waals surface area contributed by atoms with Crippen LogP contribution < -0.4 is 5.32 Å². The lowest BCUT2D eigenvalue weighted by molar-refractivity contribution is -0.140. The van der Waals surface area contributed by atoms with Gasteiger partial charge < -0.3 is 10.2 Å². The molecule has 1 aromatic carbocycles. The van der Waals surface area contributed by atoms with Crippen LogP contribution in [0.3, 0.4) is 0 Å². The predicted octanol–water partition coefficient (Wildman–Crippen LogP) is 1.89. The molecule has 5 rings (SSSR count). The van der Waals surface area contributed by atoms with Gasteiger partial charge in [0.15, 0.2) is 0 Å². The summed E-state index contributed by atoms with van der Waals surface area (Å²) in [6.45, 7) is 6.09. The maximum Gasteiger partial charge on any atom is 0.237 e. The quantitative estimate of drug-likeness (QED) is 0.752. The molecular formula is C25H33N5O2. The van der Waals surface area contributed by atoms with Crippen LogP contribution in [0.15, 0.2) is 24.3 Å². The molecule has 1 unspecified atom stereocenters. The monoisotopic (exact) mass is 435 g/mol. The van der Waals surface area contributed by atoms with E-state index in [-0.39, 0.29) is 30.3 Å². The number of carbonyl (C=O) groups is 2. The Morgan fingerprint density at radius 3 is 2.47 bits per heavy atom. The van der Waals surface area contributed by atoms with E-state index in [1.165, 1.54) is 11.1 Å². The number of rotatable bonds is 6. The second-order valence-corrected chi connectivity index (χ2v) is 9.61. The molecule has 2 aromatic rings. The molecule has 1 atom stereocenters. The Labute approximate surface area is 189 Å². The van der Waals surface area contributed by atoms with E-state index < -0.39 is 6.04 Å². The first-order chi connectivity index (χ1) is 15.4. The average Bonchev–Trinajstić information content (AvgIpc) is 3.46. The van der Waals surface area contributed by atoms with E-state index in [9.17, 15) is 9.59 Å². The standard InChI is InChI=1S/C25H33N5O2/c1-16-22(17(2)28(3)27-16)15-30(20-8-9-20)24(31)14-23-25(32)26-10-11-29(23)21-12-18-6-4-5-7-19(18)13-21/h4-7,20-21,23H,8-15H2,1-3H3,(H,26,32). The van der Waals surface area contributed by atoms with Crippen LogP contribution in [-0.2, 0) is 36.0 Å². The number of nitrogens with zero attached hydrogens (tertiary/aromatic N) is 4. The molecule has 0 spiro atoms. The minimum atomic E-state index is -0.395. The van der Waals surface area contributed by atoms with Gasteiger partial charge in [-0.05, 0) is 50.7 Å². The van der Waals surface area contributed by atoms with Gasteiger partial charge in [0, 0.05) is 50.0 Å². The van der Waals surface area contributed by atoms with Gasteiger partial charge in [0.25, 0.3) is 0 Å². The second-order valence-electron chi connectivity index (χ2n) is 9.61. The Kier molecular flexibility index (Phi) is 5.53. The zero-order valence-corrected chi connectivity index (χ0v) is 19.3. The molecule has 0 bridgehead atoms. The Morgan fingerprint density at radius 2 is 1.88 bits per heavy atom. The number of aryl methyl sites for hydroxylation is 2.